The van der Waals surface area contributed by atoms with E-state index < -0.39 is 6.10 Å². The van der Waals surface area contributed by atoms with Gasteiger partial charge in [0, 0.05) is 23.3 Å². The molecule has 0 aliphatic heterocycles. The number of benzene rings is 1. The zero-order chi connectivity index (χ0) is 13.1. The Bertz CT molecular complexity index is 559. The number of hydrogen-bond acceptors (Lipinski definition) is 2. The SMILES string of the molecule is Cc1cc(C(O)Cc2ccncc2Cl)ccc1Br. The molecule has 94 valence electrons. The summed E-state index contributed by atoms with van der Waals surface area (Å²) in [7, 11) is 0. The molecule has 0 saturated heterocycles. The predicted octanol–water partition coefficient (Wildman–Crippen LogP) is 4.08. The lowest BCUT2D eigenvalue weighted by Gasteiger charge is -2.13. The minimum absolute atomic E-state index is 0.489. The average Bonchev–Trinajstić information content (AvgIpc) is 2.35. The van der Waals surface area contributed by atoms with Crippen LogP contribution in [0, 0.1) is 6.92 Å². The second-order valence-electron chi connectivity index (χ2n) is 4.20. The molecule has 1 N–H and O–H groups in total. The molecular formula is C14H13BrClNO. The molecular weight excluding hydrogens is 314 g/mol. The van der Waals surface area contributed by atoms with Gasteiger partial charge in [-0.3, -0.25) is 4.98 Å². The van der Waals surface area contributed by atoms with Crippen molar-refractivity contribution in [3.63, 3.8) is 0 Å². The van der Waals surface area contributed by atoms with Gasteiger partial charge in [0.1, 0.15) is 0 Å². The number of pyridine rings is 1. The van der Waals surface area contributed by atoms with E-state index in [2.05, 4.69) is 20.9 Å². The van der Waals surface area contributed by atoms with E-state index in [1.807, 2.05) is 31.2 Å². The van der Waals surface area contributed by atoms with E-state index in [0.29, 0.717) is 11.4 Å². The maximum Gasteiger partial charge on any atom is 0.0831 e. The predicted molar refractivity (Wildman–Crippen MR) is 76.8 cm³/mol. The van der Waals surface area contributed by atoms with E-state index in [-0.39, 0.29) is 0 Å². The van der Waals surface area contributed by atoms with E-state index in [0.717, 1.165) is 21.2 Å². The Hall–Kier alpha value is -0.900. The molecule has 0 aliphatic carbocycles. The molecule has 1 heterocycles. The summed E-state index contributed by atoms with van der Waals surface area (Å²) in [4.78, 5) is 3.93. The molecule has 1 atom stereocenters. The van der Waals surface area contributed by atoms with Crippen LogP contribution in [0.3, 0.4) is 0 Å². The van der Waals surface area contributed by atoms with Crippen molar-refractivity contribution >= 4 is 27.5 Å². The number of rotatable bonds is 3. The van der Waals surface area contributed by atoms with Crippen LogP contribution in [0.25, 0.3) is 0 Å². The monoisotopic (exact) mass is 325 g/mol. The molecule has 0 fully saturated rings. The third kappa shape index (κ3) is 3.10. The van der Waals surface area contributed by atoms with Gasteiger partial charge in [-0.2, -0.15) is 0 Å². The van der Waals surface area contributed by atoms with Gasteiger partial charge in [0.25, 0.3) is 0 Å². The number of halogens is 2. The summed E-state index contributed by atoms with van der Waals surface area (Å²) in [5.41, 5.74) is 2.90. The Kier molecular flexibility index (Phi) is 4.38. The minimum atomic E-state index is -0.559. The molecule has 4 heteroatoms. The number of aliphatic hydroxyl groups excluding tert-OH is 1. The van der Waals surface area contributed by atoms with Crippen LogP contribution >= 0.6 is 27.5 Å². The maximum atomic E-state index is 10.2. The zero-order valence-corrected chi connectivity index (χ0v) is 12.2. The van der Waals surface area contributed by atoms with Crippen LogP contribution in [0.1, 0.15) is 22.8 Å². The van der Waals surface area contributed by atoms with Gasteiger partial charge in [-0.25, -0.2) is 0 Å². The molecule has 1 unspecified atom stereocenters. The molecule has 0 bridgehead atoms. The van der Waals surface area contributed by atoms with Crippen LogP contribution in [0.15, 0.2) is 41.1 Å². The number of aromatic nitrogens is 1. The summed E-state index contributed by atoms with van der Waals surface area (Å²) in [6.45, 7) is 2.00. The van der Waals surface area contributed by atoms with Crippen molar-refractivity contribution in [3.8, 4) is 0 Å². The topological polar surface area (TPSA) is 33.1 Å². The average molecular weight is 327 g/mol. The highest BCUT2D eigenvalue weighted by atomic mass is 79.9. The molecule has 18 heavy (non-hydrogen) atoms. The zero-order valence-electron chi connectivity index (χ0n) is 9.90. The third-order valence-electron chi connectivity index (χ3n) is 2.84. The van der Waals surface area contributed by atoms with Crippen molar-refractivity contribution in [2.24, 2.45) is 0 Å². The lowest BCUT2D eigenvalue weighted by atomic mass is 10.0. The van der Waals surface area contributed by atoms with Gasteiger partial charge in [0.15, 0.2) is 0 Å². The summed E-state index contributed by atoms with van der Waals surface area (Å²) in [5.74, 6) is 0. The number of aliphatic hydroxyl groups is 1. The van der Waals surface area contributed by atoms with Crippen molar-refractivity contribution in [2.75, 3.05) is 0 Å². The Labute approximate surface area is 120 Å². The van der Waals surface area contributed by atoms with Crippen LogP contribution < -0.4 is 0 Å². The van der Waals surface area contributed by atoms with Gasteiger partial charge < -0.3 is 5.11 Å². The van der Waals surface area contributed by atoms with Gasteiger partial charge in [0.2, 0.25) is 0 Å². The Balaban J connectivity index is 2.19. The molecule has 0 saturated carbocycles. The first-order chi connectivity index (χ1) is 8.58. The van der Waals surface area contributed by atoms with E-state index in [1.165, 1.54) is 0 Å². The number of nitrogens with zero attached hydrogens (tertiary/aromatic N) is 1. The van der Waals surface area contributed by atoms with Gasteiger partial charge in [0.05, 0.1) is 11.1 Å². The first-order valence-electron chi connectivity index (χ1n) is 5.60. The van der Waals surface area contributed by atoms with Crippen molar-refractivity contribution in [3.05, 3.63) is 62.8 Å². The van der Waals surface area contributed by atoms with Gasteiger partial charge in [-0.05, 0) is 35.7 Å². The highest BCUT2D eigenvalue weighted by Gasteiger charge is 2.11. The minimum Gasteiger partial charge on any atom is -0.388 e. The third-order valence-corrected chi connectivity index (χ3v) is 4.07. The lowest BCUT2D eigenvalue weighted by Crippen LogP contribution is -2.03. The number of aryl methyl sites for hydroxylation is 1. The molecule has 2 rings (SSSR count). The largest absolute Gasteiger partial charge is 0.388 e. The van der Waals surface area contributed by atoms with E-state index in [1.54, 1.807) is 12.4 Å². The summed E-state index contributed by atoms with van der Waals surface area (Å²) in [6.07, 6.45) is 3.20. The van der Waals surface area contributed by atoms with E-state index in [9.17, 15) is 5.11 Å². The summed E-state index contributed by atoms with van der Waals surface area (Å²) in [6, 6.07) is 7.67. The Morgan fingerprint density at radius 3 is 2.83 bits per heavy atom. The fraction of sp³-hybridized carbons (Fsp3) is 0.214. The first kappa shape index (κ1) is 13.5. The van der Waals surface area contributed by atoms with Gasteiger partial charge in [-0.15, -0.1) is 0 Å². The highest BCUT2D eigenvalue weighted by molar-refractivity contribution is 9.10. The Morgan fingerprint density at radius 2 is 2.17 bits per heavy atom. The molecule has 1 aromatic carbocycles. The molecule has 0 spiro atoms. The van der Waals surface area contributed by atoms with Gasteiger partial charge in [-0.1, -0.05) is 39.7 Å². The number of hydrogen-bond donors (Lipinski definition) is 1. The lowest BCUT2D eigenvalue weighted by molar-refractivity contribution is 0.178. The molecule has 0 amide bonds. The van der Waals surface area contributed by atoms with Crippen LogP contribution in [-0.2, 0) is 6.42 Å². The molecule has 2 nitrogen and oxygen atoms in total. The van der Waals surface area contributed by atoms with Crippen LogP contribution in [0.4, 0.5) is 0 Å². The molecule has 0 aliphatic rings. The van der Waals surface area contributed by atoms with Crippen LogP contribution in [0.5, 0.6) is 0 Å². The molecule has 1 aromatic heterocycles. The second kappa shape index (κ2) is 5.83. The molecule has 0 radical (unpaired) electrons. The summed E-state index contributed by atoms with van der Waals surface area (Å²) < 4.78 is 1.04. The van der Waals surface area contributed by atoms with Crippen molar-refractivity contribution in [2.45, 2.75) is 19.4 Å². The fourth-order valence-electron chi connectivity index (χ4n) is 1.77. The van der Waals surface area contributed by atoms with Gasteiger partial charge >= 0.3 is 0 Å². The maximum absolute atomic E-state index is 10.2. The standard InChI is InChI=1S/C14H13BrClNO/c1-9-6-11(2-3-12(9)15)14(18)7-10-4-5-17-8-13(10)16/h2-6,8,14,18H,7H2,1H3. The normalized spacial score (nSPS) is 12.4. The Morgan fingerprint density at radius 1 is 1.39 bits per heavy atom. The van der Waals surface area contributed by atoms with E-state index >= 15 is 0 Å². The smallest absolute Gasteiger partial charge is 0.0831 e. The molecule has 2 aromatic rings. The quantitative estimate of drug-likeness (QED) is 0.922. The van der Waals surface area contributed by atoms with E-state index in [4.69, 9.17) is 11.6 Å². The highest BCUT2D eigenvalue weighted by Crippen LogP contribution is 2.25. The van der Waals surface area contributed by atoms with Crippen molar-refractivity contribution in [1.29, 1.82) is 0 Å². The summed E-state index contributed by atoms with van der Waals surface area (Å²) in [5, 5.41) is 10.8. The first-order valence-corrected chi connectivity index (χ1v) is 6.77. The van der Waals surface area contributed by atoms with Crippen LogP contribution in [-0.4, -0.2) is 10.1 Å². The fourth-order valence-corrected chi connectivity index (χ4v) is 2.21. The van der Waals surface area contributed by atoms with Crippen LogP contribution in [0.2, 0.25) is 5.02 Å². The second-order valence-corrected chi connectivity index (χ2v) is 5.46. The van der Waals surface area contributed by atoms with Crippen molar-refractivity contribution in [1.82, 2.24) is 4.98 Å². The summed E-state index contributed by atoms with van der Waals surface area (Å²) >= 11 is 9.48. The van der Waals surface area contributed by atoms with Crippen molar-refractivity contribution < 1.29 is 5.11 Å².